The molecule has 1 aromatic carbocycles. The number of hydrogen-bond donors (Lipinski definition) is 4. The minimum Gasteiger partial charge on any atom is -0.358 e. The third-order valence-corrected chi connectivity index (χ3v) is 5.31. The van der Waals surface area contributed by atoms with Crippen LogP contribution >= 0.6 is 40.4 Å². The number of hydrazine groups is 1. The van der Waals surface area contributed by atoms with Crippen molar-refractivity contribution in [1.82, 2.24) is 16.2 Å². The van der Waals surface area contributed by atoms with Crippen LogP contribution in [-0.4, -0.2) is 16.3 Å². The van der Waals surface area contributed by atoms with Gasteiger partial charge in [-0.25, -0.2) is 0 Å². The molecule has 0 spiro atoms. The smallest absolute Gasteiger partial charge is 0.189 e. The number of halogens is 1. The molecule has 0 saturated heterocycles. The first-order valence-electron chi connectivity index (χ1n) is 7.85. The van der Waals surface area contributed by atoms with Crippen LogP contribution in [0.4, 0.5) is 5.69 Å². The van der Waals surface area contributed by atoms with E-state index in [0.717, 1.165) is 22.5 Å². The quantitative estimate of drug-likeness (QED) is 0.434. The molecular formula is C16H23BrN4S2. The Morgan fingerprint density at radius 3 is 2.61 bits per heavy atom. The van der Waals surface area contributed by atoms with Gasteiger partial charge in [-0.15, -0.1) is 0 Å². The van der Waals surface area contributed by atoms with E-state index in [1.165, 1.54) is 12.8 Å². The Bertz CT molecular complexity index is 567. The van der Waals surface area contributed by atoms with Gasteiger partial charge in [0, 0.05) is 16.2 Å². The summed E-state index contributed by atoms with van der Waals surface area (Å²) in [6.45, 7) is 4.60. The number of rotatable bonds is 2. The zero-order chi connectivity index (χ0) is 16.8. The van der Waals surface area contributed by atoms with Crippen LogP contribution in [0.2, 0.25) is 0 Å². The summed E-state index contributed by atoms with van der Waals surface area (Å²) in [5.41, 5.74) is 6.78. The standard InChI is InChI=1S/C16H23BrN4S2/c1-10-5-3-8-14(11(10)2)19-16(23)21-20-15(22)18-13-7-4-6-12(17)9-13/h4,6-7,9-11,14H,3,5,8H2,1-2H3,(H2,18,20,22)(H2,19,21,23)/t10-,11-,14-/m1/s1. The first-order chi connectivity index (χ1) is 11.0. The minimum atomic E-state index is 0.423. The number of anilines is 1. The number of benzene rings is 1. The summed E-state index contributed by atoms with van der Waals surface area (Å²) in [5.74, 6) is 1.35. The van der Waals surface area contributed by atoms with Gasteiger partial charge in [-0.05, 0) is 60.9 Å². The van der Waals surface area contributed by atoms with Crippen molar-refractivity contribution in [3.63, 3.8) is 0 Å². The average molecular weight is 415 g/mol. The van der Waals surface area contributed by atoms with Crippen molar-refractivity contribution in [2.24, 2.45) is 11.8 Å². The molecule has 1 fully saturated rings. The Morgan fingerprint density at radius 1 is 1.13 bits per heavy atom. The summed E-state index contributed by atoms with van der Waals surface area (Å²) in [4.78, 5) is 0. The molecule has 0 heterocycles. The van der Waals surface area contributed by atoms with Gasteiger partial charge >= 0.3 is 0 Å². The predicted octanol–water partition coefficient (Wildman–Crippen LogP) is 3.94. The lowest BCUT2D eigenvalue weighted by Crippen LogP contribution is -2.53. The van der Waals surface area contributed by atoms with Gasteiger partial charge in [0.2, 0.25) is 0 Å². The summed E-state index contributed by atoms with van der Waals surface area (Å²) < 4.78 is 0.996. The van der Waals surface area contributed by atoms with E-state index in [2.05, 4.69) is 51.3 Å². The first kappa shape index (κ1) is 18.4. The lowest BCUT2D eigenvalue weighted by atomic mass is 9.78. The zero-order valence-corrected chi connectivity index (χ0v) is 16.6. The number of hydrogen-bond acceptors (Lipinski definition) is 2. The van der Waals surface area contributed by atoms with Crippen LogP contribution in [0.15, 0.2) is 28.7 Å². The maximum Gasteiger partial charge on any atom is 0.189 e. The van der Waals surface area contributed by atoms with Crippen molar-refractivity contribution < 1.29 is 0 Å². The van der Waals surface area contributed by atoms with Gasteiger partial charge in [0.15, 0.2) is 10.2 Å². The van der Waals surface area contributed by atoms with Crippen LogP contribution < -0.4 is 21.5 Å². The third-order valence-electron chi connectivity index (χ3n) is 4.40. The molecule has 4 N–H and O–H groups in total. The Balaban J connectivity index is 1.74. The highest BCUT2D eigenvalue weighted by Gasteiger charge is 2.27. The van der Waals surface area contributed by atoms with E-state index in [1.54, 1.807) is 0 Å². The van der Waals surface area contributed by atoms with Crippen molar-refractivity contribution >= 4 is 56.3 Å². The fourth-order valence-corrected chi connectivity index (χ4v) is 3.60. The Morgan fingerprint density at radius 2 is 1.87 bits per heavy atom. The summed E-state index contributed by atoms with van der Waals surface area (Å²) in [7, 11) is 0. The van der Waals surface area contributed by atoms with Crippen molar-refractivity contribution in [2.45, 2.75) is 39.2 Å². The minimum absolute atomic E-state index is 0.423. The molecule has 3 atom stereocenters. The molecule has 126 valence electrons. The molecule has 1 aromatic rings. The van der Waals surface area contributed by atoms with Crippen LogP contribution in [0.5, 0.6) is 0 Å². The van der Waals surface area contributed by atoms with Gasteiger partial charge in [0.05, 0.1) is 0 Å². The molecule has 0 bridgehead atoms. The van der Waals surface area contributed by atoms with Gasteiger partial charge in [-0.2, -0.15) is 0 Å². The van der Waals surface area contributed by atoms with Gasteiger partial charge in [0.25, 0.3) is 0 Å². The molecule has 23 heavy (non-hydrogen) atoms. The second-order valence-corrected chi connectivity index (χ2v) is 7.79. The lowest BCUT2D eigenvalue weighted by molar-refractivity contribution is 0.224. The second kappa shape index (κ2) is 8.80. The van der Waals surface area contributed by atoms with Crippen molar-refractivity contribution in [3.8, 4) is 0 Å². The van der Waals surface area contributed by atoms with E-state index in [0.29, 0.717) is 22.2 Å². The van der Waals surface area contributed by atoms with Gasteiger partial charge in [-0.1, -0.05) is 48.7 Å². The molecule has 0 aliphatic heterocycles. The third kappa shape index (κ3) is 5.90. The van der Waals surface area contributed by atoms with Crippen LogP contribution in [-0.2, 0) is 0 Å². The van der Waals surface area contributed by atoms with Gasteiger partial charge < -0.3 is 10.6 Å². The van der Waals surface area contributed by atoms with E-state index in [4.69, 9.17) is 24.4 Å². The molecule has 0 unspecified atom stereocenters. The Labute approximate surface area is 157 Å². The lowest BCUT2D eigenvalue weighted by Gasteiger charge is -2.35. The highest BCUT2D eigenvalue weighted by atomic mass is 79.9. The normalized spacial score (nSPS) is 23.7. The second-order valence-electron chi connectivity index (χ2n) is 6.06. The molecule has 0 amide bonds. The summed E-state index contributed by atoms with van der Waals surface area (Å²) in [6, 6.07) is 8.23. The maximum atomic E-state index is 5.35. The molecule has 0 radical (unpaired) electrons. The van der Waals surface area contributed by atoms with E-state index in [1.807, 2.05) is 24.3 Å². The molecule has 1 aliphatic rings. The van der Waals surface area contributed by atoms with E-state index in [-0.39, 0.29) is 0 Å². The first-order valence-corrected chi connectivity index (χ1v) is 9.45. The predicted molar refractivity (Wildman–Crippen MR) is 108 cm³/mol. The van der Waals surface area contributed by atoms with E-state index >= 15 is 0 Å². The fraction of sp³-hybridized carbons (Fsp3) is 0.500. The molecule has 7 heteroatoms. The highest BCUT2D eigenvalue weighted by Crippen LogP contribution is 2.29. The summed E-state index contributed by atoms with van der Waals surface area (Å²) in [5, 5.41) is 7.54. The Kier molecular flexibility index (Phi) is 7.05. The van der Waals surface area contributed by atoms with Crippen LogP contribution in [0.3, 0.4) is 0 Å². The average Bonchev–Trinajstić information content (AvgIpc) is 2.50. The SMILES string of the molecule is C[C@@H]1[C@H](C)CCC[C@H]1NC(=S)NNC(=S)Nc1cccc(Br)c1. The van der Waals surface area contributed by atoms with E-state index < -0.39 is 0 Å². The van der Waals surface area contributed by atoms with Crippen LogP contribution in [0.1, 0.15) is 33.1 Å². The maximum absolute atomic E-state index is 5.35. The molecule has 1 aliphatic carbocycles. The summed E-state index contributed by atoms with van der Waals surface area (Å²) >= 11 is 14.0. The molecule has 1 saturated carbocycles. The van der Waals surface area contributed by atoms with Crippen LogP contribution in [0.25, 0.3) is 0 Å². The van der Waals surface area contributed by atoms with Gasteiger partial charge in [0.1, 0.15) is 0 Å². The van der Waals surface area contributed by atoms with E-state index in [9.17, 15) is 0 Å². The van der Waals surface area contributed by atoms with Crippen molar-refractivity contribution in [3.05, 3.63) is 28.7 Å². The Hall–Kier alpha value is -0.920. The number of nitrogens with one attached hydrogen (secondary N) is 4. The topological polar surface area (TPSA) is 48.1 Å². The molecule has 4 nitrogen and oxygen atoms in total. The van der Waals surface area contributed by atoms with Crippen molar-refractivity contribution in [2.75, 3.05) is 5.32 Å². The zero-order valence-electron chi connectivity index (χ0n) is 13.4. The highest BCUT2D eigenvalue weighted by molar-refractivity contribution is 9.10. The van der Waals surface area contributed by atoms with Gasteiger partial charge in [-0.3, -0.25) is 10.9 Å². The molecular weight excluding hydrogens is 392 g/mol. The molecule has 0 aromatic heterocycles. The monoisotopic (exact) mass is 414 g/mol. The fourth-order valence-electron chi connectivity index (χ4n) is 2.83. The molecule has 2 rings (SSSR count). The summed E-state index contributed by atoms with van der Waals surface area (Å²) in [6.07, 6.45) is 3.72. The largest absolute Gasteiger partial charge is 0.358 e. The number of thiocarbonyl (C=S) groups is 2. The van der Waals surface area contributed by atoms with Crippen LogP contribution in [0, 0.1) is 11.8 Å². The van der Waals surface area contributed by atoms with Crippen molar-refractivity contribution in [1.29, 1.82) is 0 Å².